The van der Waals surface area contributed by atoms with Crippen molar-refractivity contribution in [1.82, 2.24) is 9.80 Å². The standard InChI is InChI=1S/C26H37N3O7/c1-26(2,3)36-25(35)29-14-10-18(11-15-29)17-8-12-28(13-9-17)23(32)19-4-6-20(7-5-19)27-21(24(33)34)16-22(30)31/h4-7,17-18,21,27H,8-16H2,1-3H3,(H,30,31)(H,33,34)/t21-/m0/s1. The van der Waals surface area contributed by atoms with Gasteiger partial charge in [0.15, 0.2) is 0 Å². The summed E-state index contributed by atoms with van der Waals surface area (Å²) < 4.78 is 5.48. The van der Waals surface area contributed by atoms with Crippen LogP contribution in [0.4, 0.5) is 10.5 Å². The molecule has 1 atom stereocenters. The Kier molecular flexibility index (Phi) is 8.81. The van der Waals surface area contributed by atoms with E-state index in [1.165, 1.54) is 0 Å². The van der Waals surface area contributed by atoms with Gasteiger partial charge >= 0.3 is 18.0 Å². The van der Waals surface area contributed by atoms with E-state index in [9.17, 15) is 24.3 Å². The zero-order valence-electron chi connectivity index (χ0n) is 21.2. The molecule has 1 aromatic rings. The van der Waals surface area contributed by atoms with E-state index in [0.29, 0.717) is 49.3 Å². The average Bonchev–Trinajstić information content (AvgIpc) is 2.82. The monoisotopic (exact) mass is 503 g/mol. The molecule has 2 fully saturated rings. The topological polar surface area (TPSA) is 136 Å². The van der Waals surface area contributed by atoms with Crippen molar-refractivity contribution in [2.75, 3.05) is 31.5 Å². The minimum Gasteiger partial charge on any atom is -0.481 e. The van der Waals surface area contributed by atoms with Gasteiger partial charge in [0.2, 0.25) is 0 Å². The molecule has 2 heterocycles. The van der Waals surface area contributed by atoms with E-state index in [1.807, 2.05) is 25.7 Å². The maximum Gasteiger partial charge on any atom is 0.410 e. The minimum atomic E-state index is -1.25. The summed E-state index contributed by atoms with van der Waals surface area (Å²) in [4.78, 5) is 51.0. The van der Waals surface area contributed by atoms with Crippen molar-refractivity contribution in [1.29, 1.82) is 0 Å². The van der Waals surface area contributed by atoms with Crippen LogP contribution in [0.1, 0.15) is 63.2 Å². The molecule has 0 radical (unpaired) electrons. The molecule has 0 spiro atoms. The maximum absolute atomic E-state index is 13.0. The molecule has 3 N–H and O–H groups in total. The predicted octanol–water partition coefficient (Wildman–Crippen LogP) is 3.53. The van der Waals surface area contributed by atoms with Crippen LogP contribution < -0.4 is 5.32 Å². The van der Waals surface area contributed by atoms with E-state index in [2.05, 4.69) is 5.32 Å². The molecule has 3 rings (SSSR count). The third kappa shape index (κ3) is 7.60. The van der Waals surface area contributed by atoms with Crippen molar-refractivity contribution < 1.29 is 34.1 Å². The fraction of sp³-hybridized carbons (Fsp3) is 0.615. The Morgan fingerprint density at radius 3 is 1.86 bits per heavy atom. The highest BCUT2D eigenvalue weighted by atomic mass is 16.6. The van der Waals surface area contributed by atoms with Gasteiger partial charge in [0, 0.05) is 37.4 Å². The highest BCUT2D eigenvalue weighted by Gasteiger charge is 2.33. The molecule has 2 amide bonds. The van der Waals surface area contributed by atoms with Crippen molar-refractivity contribution in [3.8, 4) is 0 Å². The van der Waals surface area contributed by atoms with E-state index >= 15 is 0 Å². The number of carboxylic acids is 2. The second kappa shape index (κ2) is 11.6. The molecule has 10 heteroatoms. The van der Waals surface area contributed by atoms with E-state index in [4.69, 9.17) is 9.84 Å². The quantitative estimate of drug-likeness (QED) is 0.514. The number of hydrogen-bond acceptors (Lipinski definition) is 6. The lowest BCUT2D eigenvalue weighted by atomic mass is 9.79. The molecule has 36 heavy (non-hydrogen) atoms. The van der Waals surface area contributed by atoms with Crippen LogP contribution in [0.15, 0.2) is 24.3 Å². The molecule has 0 aromatic heterocycles. The van der Waals surface area contributed by atoms with Gasteiger partial charge in [-0.1, -0.05) is 0 Å². The predicted molar refractivity (Wildman–Crippen MR) is 133 cm³/mol. The fourth-order valence-corrected chi connectivity index (χ4v) is 4.92. The van der Waals surface area contributed by atoms with Crippen LogP contribution in [0.5, 0.6) is 0 Å². The average molecular weight is 504 g/mol. The molecule has 198 valence electrons. The van der Waals surface area contributed by atoms with Crippen LogP contribution in [0.2, 0.25) is 0 Å². The normalized spacial score (nSPS) is 18.4. The van der Waals surface area contributed by atoms with Gasteiger partial charge in [-0.2, -0.15) is 0 Å². The Hall–Kier alpha value is -3.30. The lowest BCUT2D eigenvalue weighted by molar-refractivity contribution is -0.144. The summed E-state index contributed by atoms with van der Waals surface area (Å²) in [6.45, 7) is 8.37. The number of benzene rings is 1. The summed E-state index contributed by atoms with van der Waals surface area (Å²) in [5.41, 5.74) is 0.456. The molecule has 0 bridgehead atoms. The van der Waals surface area contributed by atoms with E-state index in [-0.39, 0.29) is 12.0 Å². The minimum absolute atomic E-state index is 0.0694. The third-order valence-corrected chi connectivity index (χ3v) is 6.83. The van der Waals surface area contributed by atoms with Crippen LogP contribution in [-0.4, -0.2) is 81.8 Å². The van der Waals surface area contributed by atoms with Gasteiger partial charge in [0.05, 0.1) is 6.42 Å². The Balaban J connectivity index is 1.46. The molecule has 2 aliphatic rings. The number of nitrogens with one attached hydrogen (secondary N) is 1. The number of aliphatic carboxylic acids is 2. The van der Waals surface area contributed by atoms with Crippen molar-refractivity contribution in [2.24, 2.45) is 11.8 Å². The van der Waals surface area contributed by atoms with Gasteiger partial charge < -0.3 is 30.1 Å². The Morgan fingerprint density at radius 1 is 0.917 bits per heavy atom. The summed E-state index contributed by atoms with van der Waals surface area (Å²) >= 11 is 0. The van der Waals surface area contributed by atoms with Gasteiger partial charge in [-0.15, -0.1) is 0 Å². The number of hydrogen-bond donors (Lipinski definition) is 3. The largest absolute Gasteiger partial charge is 0.481 e. The van der Waals surface area contributed by atoms with Gasteiger partial charge in [-0.25, -0.2) is 9.59 Å². The van der Waals surface area contributed by atoms with Crippen LogP contribution in [0.3, 0.4) is 0 Å². The van der Waals surface area contributed by atoms with Crippen molar-refractivity contribution in [2.45, 2.75) is 64.5 Å². The first kappa shape index (κ1) is 27.3. The number of carboxylic acid groups (broad SMARTS) is 2. The first-order chi connectivity index (χ1) is 16.9. The number of amides is 2. The van der Waals surface area contributed by atoms with Crippen molar-refractivity contribution >= 4 is 29.6 Å². The SMILES string of the molecule is CC(C)(C)OC(=O)N1CCC(C2CCN(C(=O)c3ccc(N[C@@H](CC(=O)O)C(=O)O)cc3)CC2)CC1. The number of carbonyl (C=O) groups is 4. The smallest absolute Gasteiger partial charge is 0.410 e. The van der Waals surface area contributed by atoms with Crippen molar-refractivity contribution in [3.05, 3.63) is 29.8 Å². The first-order valence-electron chi connectivity index (χ1n) is 12.5. The molecule has 2 aliphatic heterocycles. The number of carbonyl (C=O) groups excluding carboxylic acids is 2. The summed E-state index contributed by atoms with van der Waals surface area (Å²) in [5, 5.41) is 20.7. The van der Waals surface area contributed by atoms with Crippen molar-refractivity contribution in [3.63, 3.8) is 0 Å². The van der Waals surface area contributed by atoms with E-state index < -0.39 is 30.0 Å². The van der Waals surface area contributed by atoms with E-state index in [1.54, 1.807) is 29.2 Å². The van der Waals surface area contributed by atoms with Gasteiger partial charge in [0.25, 0.3) is 5.91 Å². The first-order valence-corrected chi connectivity index (χ1v) is 12.5. The van der Waals surface area contributed by atoms with Crippen LogP contribution in [-0.2, 0) is 14.3 Å². The van der Waals surface area contributed by atoms with Gasteiger partial charge in [0.1, 0.15) is 11.6 Å². The van der Waals surface area contributed by atoms with E-state index in [0.717, 1.165) is 25.7 Å². The Labute approximate surface area is 211 Å². The molecule has 0 unspecified atom stereocenters. The number of ether oxygens (including phenoxy) is 1. The van der Waals surface area contributed by atoms with Crippen LogP contribution in [0.25, 0.3) is 0 Å². The number of anilines is 1. The second-order valence-electron chi connectivity index (χ2n) is 10.6. The van der Waals surface area contributed by atoms with Crippen LogP contribution >= 0.6 is 0 Å². The maximum atomic E-state index is 13.0. The lowest BCUT2D eigenvalue weighted by Gasteiger charge is -2.40. The highest BCUT2D eigenvalue weighted by molar-refractivity contribution is 5.94. The molecule has 10 nitrogen and oxygen atoms in total. The zero-order chi connectivity index (χ0) is 26.5. The number of likely N-dealkylation sites (tertiary alicyclic amines) is 2. The summed E-state index contributed by atoms with van der Waals surface area (Å²) in [7, 11) is 0. The molecular formula is C26H37N3O7. The molecular weight excluding hydrogens is 466 g/mol. The van der Waals surface area contributed by atoms with Crippen LogP contribution in [0, 0.1) is 11.8 Å². The summed E-state index contributed by atoms with van der Waals surface area (Å²) in [6.07, 6.45) is 2.96. The number of rotatable bonds is 7. The Morgan fingerprint density at radius 2 is 1.42 bits per heavy atom. The van der Waals surface area contributed by atoms with Gasteiger partial charge in [-0.05, 0) is 82.6 Å². The summed E-state index contributed by atoms with van der Waals surface area (Å²) in [5.74, 6) is -1.46. The Bertz CT molecular complexity index is 941. The summed E-state index contributed by atoms with van der Waals surface area (Å²) in [6, 6.07) is 5.19. The zero-order valence-corrected chi connectivity index (χ0v) is 21.2. The lowest BCUT2D eigenvalue weighted by Crippen LogP contribution is -2.45. The number of piperidine rings is 2. The highest BCUT2D eigenvalue weighted by Crippen LogP contribution is 2.33. The third-order valence-electron chi connectivity index (χ3n) is 6.83. The van der Waals surface area contributed by atoms with Gasteiger partial charge in [-0.3, -0.25) is 9.59 Å². The molecule has 2 saturated heterocycles. The molecule has 0 aliphatic carbocycles. The fourth-order valence-electron chi connectivity index (χ4n) is 4.92. The number of nitrogens with zero attached hydrogens (tertiary/aromatic N) is 2. The molecule has 1 aromatic carbocycles. The molecule has 0 saturated carbocycles. The second-order valence-corrected chi connectivity index (χ2v) is 10.6.